The average Bonchev–Trinajstić information content (AvgIpc) is 2.74. The van der Waals surface area contributed by atoms with E-state index in [0.29, 0.717) is 18.4 Å². The molecule has 164 valence electrons. The molecule has 0 atom stereocenters. The highest BCUT2D eigenvalue weighted by atomic mass is 16.5. The van der Waals surface area contributed by atoms with Crippen molar-refractivity contribution in [3.8, 4) is 5.75 Å². The normalized spacial score (nSPS) is 15.5. The first kappa shape index (κ1) is 23.5. The third-order valence-electron chi connectivity index (χ3n) is 4.70. The van der Waals surface area contributed by atoms with Gasteiger partial charge in [-0.05, 0) is 55.7 Å². The summed E-state index contributed by atoms with van der Waals surface area (Å²) in [6, 6.07) is 8.18. The average molecular weight is 406 g/mol. The largest absolute Gasteiger partial charge is 0.493 e. The van der Waals surface area contributed by atoms with Crippen LogP contribution in [0, 0.1) is 11.8 Å². The Morgan fingerprint density at radius 1 is 1.24 bits per heavy atom. The van der Waals surface area contributed by atoms with E-state index in [1.54, 1.807) is 0 Å². The van der Waals surface area contributed by atoms with Crippen molar-refractivity contribution in [3.05, 3.63) is 29.8 Å². The molecule has 1 fully saturated rings. The van der Waals surface area contributed by atoms with Crippen LogP contribution >= 0.6 is 0 Å². The molecule has 0 amide bonds. The van der Waals surface area contributed by atoms with E-state index >= 15 is 0 Å². The number of hydrogen-bond donors (Lipinski definition) is 2. The third kappa shape index (κ3) is 10.5. The predicted octanol–water partition coefficient (Wildman–Crippen LogP) is 3.61. The molecule has 1 heterocycles. The van der Waals surface area contributed by atoms with Crippen molar-refractivity contribution in [3.63, 3.8) is 0 Å². The minimum Gasteiger partial charge on any atom is -0.493 e. The highest BCUT2D eigenvalue weighted by molar-refractivity contribution is 5.79. The van der Waals surface area contributed by atoms with Crippen molar-refractivity contribution >= 4 is 5.96 Å². The molecule has 1 saturated heterocycles. The SMILES string of the molecule is CCNC(=NCc1cccc(OCC(C)C)c1)NCCCOCC1CCOCC1. The molecule has 0 bridgehead atoms. The van der Waals surface area contributed by atoms with Crippen LogP contribution in [0.4, 0.5) is 0 Å². The summed E-state index contributed by atoms with van der Waals surface area (Å²) < 4.78 is 17.0. The fraction of sp³-hybridized carbons (Fsp3) is 0.696. The van der Waals surface area contributed by atoms with Gasteiger partial charge < -0.3 is 24.8 Å². The van der Waals surface area contributed by atoms with E-state index in [1.807, 2.05) is 12.1 Å². The number of rotatable bonds is 12. The zero-order valence-corrected chi connectivity index (χ0v) is 18.4. The summed E-state index contributed by atoms with van der Waals surface area (Å²) in [6.07, 6.45) is 3.21. The van der Waals surface area contributed by atoms with Crippen molar-refractivity contribution in [1.82, 2.24) is 10.6 Å². The van der Waals surface area contributed by atoms with E-state index in [0.717, 1.165) is 82.7 Å². The van der Waals surface area contributed by atoms with Crippen LogP contribution in [0.1, 0.15) is 45.6 Å². The molecule has 6 heteroatoms. The van der Waals surface area contributed by atoms with Crippen LogP contribution in [-0.4, -0.2) is 52.1 Å². The first-order valence-corrected chi connectivity index (χ1v) is 11.1. The Balaban J connectivity index is 1.68. The second kappa shape index (κ2) is 14.2. The molecule has 1 aromatic rings. The van der Waals surface area contributed by atoms with Crippen LogP contribution in [0.3, 0.4) is 0 Å². The topological polar surface area (TPSA) is 64.1 Å². The smallest absolute Gasteiger partial charge is 0.191 e. The predicted molar refractivity (Wildman–Crippen MR) is 119 cm³/mol. The summed E-state index contributed by atoms with van der Waals surface area (Å²) in [5.41, 5.74) is 1.14. The van der Waals surface area contributed by atoms with Crippen LogP contribution in [0.25, 0.3) is 0 Å². The van der Waals surface area contributed by atoms with Gasteiger partial charge in [0.2, 0.25) is 0 Å². The van der Waals surface area contributed by atoms with E-state index in [2.05, 4.69) is 43.5 Å². The molecule has 0 spiro atoms. The summed E-state index contributed by atoms with van der Waals surface area (Å²) in [4.78, 5) is 4.70. The maximum Gasteiger partial charge on any atom is 0.191 e. The van der Waals surface area contributed by atoms with Gasteiger partial charge >= 0.3 is 0 Å². The van der Waals surface area contributed by atoms with E-state index in [-0.39, 0.29) is 0 Å². The molecule has 0 unspecified atom stereocenters. The molecule has 29 heavy (non-hydrogen) atoms. The van der Waals surface area contributed by atoms with Crippen LogP contribution < -0.4 is 15.4 Å². The van der Waals surface area contributed by atoms with Crippen LogP contribution in [0.15, 0.2) is 29.3 Å². The Morgan fingerprint density at radius 2 is 2.07 bits per heavy atom. The van der Waals surface area contributed by atoms with Crippen molar-refractivity contribution in [2.45, 2.75) is 46.6 Å². The molecule has 1 aromatic carbocycles. The maximum atomic E-state index is 5.83. The molecule has 0 aromatic heterocycles. The molecule has 0 radical (unpaired) electrons. The zero-order valence-electron chi connectivity index (χ0n) is 18.4. The van der Waals surface area contributed by atoms with Gasteiger partial charge in [-0.1, -0.05) is 26.0 Å². The summed E-state index contributed by atoms with van der Waals surface area (Å²) in [5.74, 6) is 2.93. The number of ether oxygens (including phenoxy) is 3. The molecule has 2 N–H and O–H groups in total. The summed E-state index contributed by atoms with van der Waals surface area (Å²) >= 11 is 0. The molecule has 1 aliphatic heterocycles. The van der Waals surface area contributed by atoms with Gasteiger partial charge in [0.15, 0.2) is 5.96 Å². The van der Waals surface area contributed by atoms with Crippen molar-refractivity contribution in [1.29, 1.82) is 0 Å². The Bertz CT molecular complexity index is 586. The minimum absolute atomic E-state index is 0.516. The fourth-order valence-corrected chi connectivity index (χ4v) is 3.05. The lowest BCUT2D eigenvalue weighted by Gasteiger charge is -2.21. The number of nitrogens with zero attached hydrogens (tertiary/aromatic N) is 1. The van der Waals surface area contributed by atoms with Gasteiger partial charge in [-0.15, -0.1) is 0 Å². The Morgan fingerprint density at radius 3 is 2.83 bits per heavy atom. The molecule has 6 nitrogen and oxygen atoms in total. The number of aliphatic imine (C=N–C) groups is 1. The quantitative estimate of drug-likeness (QED) is 0.316. The Labute approximate surface area is 176 Å². The standard InChI is InChI=1S/C23H39N3O3/c1-4-24-23(25-11-6-12-28-18-20-9-13-27-14-10-20)26-16-21-7-5-8-22(15-21)29-17-19(2)3/h5,7-8,15,19-20H,4,6,9-14,16-18H2,1-3H3,(H2,24,25,26). The molecule has 1 aliphatic rings. The molecule has 0 aliphatic carbocycles. The van der Waals surface area contributed by atoms with Gasteiger partial charge in [0.1, 0.15) is 5.75 Å². The number of guanidine groups is 1. The van der Waals surface area contributed by atoms with Gasteiger partial charge in [0, 0.05) is 39.5 Å². The van der Waals surface area contributed by atoms with E-state index in [1.165, 1.54) is 0 Å². The van der Waals surface area contributed by atoms with Crippen LogP contribution in [0.2, 0.25) is 0 Å². The first-order chi connectivity index (χ1) is 14.2. The highest BCUT2D eigenvalue weighted by Crippen LogP contribution is 2.15. The summed E-state index contributed by atoms with van der Waals surface area (Å²) in [5, 5.41) is 6.69. The lowest BCUT2D eigenvalue weighted by Crippen LogP contribution is -2.38. The Hall–Kier alpha value is -1.79. The van der Waals surface area contributed by atoms with Crippen molar-refractivity contribution < 1.29 is 14.2 Å². The maximum absolute atomic E-state index is 5.83. The fourth-order valence-electron chi connectivity index (χ4n) is 3.05. The van der Waals surface area contributed by atoms with Gasteiger partial charge in [-0.25, -0.2) is 4.99 Å². The summed E-state index contributed by atoms with van der Waals surface area (Å²) in [6.45, 7) is 12.8. The van der Waals surface area contributed by atoms with Gasteiger partial charge in [-0.3, -0.25) is 0 Å². The van der Waals surface area contributed by atoms with E-state index < -0.39 is 0 Å². The number of benzene rings is 1. The number of hydrogen-bond acceptors (Lipinski definition) is 4. The van der Waals surface area contributed by atoms with E-state index in [9.17, 15) is 0 Å². The minimum atomic E-state index is 0.516. The number of nitrogens with one attached hydrogen (secondary N) is 2. The first-order valence-electron chi connectivity index (χ1n) is 11.1. The molecular formula is C23H39N3O3. The second-order valence-corrected chi connectivity index (χ2v) is 7.96. The van der Waals surface area contributed by atoms with Crippen molar-refractivity contribution in [2.24, 2.45) is 16.8 Å². The van der Waals surface area contributed by atoms with Crippen LogP contribution in [0.5, 0.6) is 5.75 Å². The third-order valence-corrected chi connectivity index (χ3v) is 4.70. The lowest BCUT2D eigenvalue weighted by molar-refractivity contribution is 0.0203. The Kier molecular flexibility index (Phi) is 11.5. The van der Waals surface area contributed by atoms with Gasteiger partial charge in [0.25, 0.3) is 0 Å². The van der Waals surface area contributed by atoms with Gasteiger partial charge in [0.05, 0.1) is 13.2 Å². The lowest BCUT2D eigenvalue weighted by atomic mass is 10.0. The van der Waals surface area contributed by atoms with Crippen LogP contribution in [-0.2, 0) is 16.0 Å². The zero-order chi connectivity index (χ0) is 20.7. The molecule has 2 rings (SSSR count). The van der Waals surface area contributed by atoms with Gasteiger partial charge in [-0.2, -0.15) is 0 Å². The van der Waals surface area contributed by atoms with E-state index in [4.69, 9.17) is 19.2 Å². The van der Waals surface area contributed by atoms with Crippen molar-refractivity contribution in [2.75, 3.05) is 46.1 Å². The summed E-state index contributed by atoms with van der Waals surface area (Å²) in [7, 11) is 0. The molecule has 0 saturated carbocycles. The molecular weight excluding hydrogens is 366 g/mol. The monoisotopic (exact) mass is 405 g/mol. The second-order valence-electron chi connectivity index (χ2n) is 7.96. The highest BCUT2D eigenvalue weighted by Gasteiger charge is 2.13.